The molecule has 6 heteroatoms. The van der Waals surface area contributed by atoms with Crippen molar-refractivity contribution in [1.82, 2.24) is 10.2 Å². The molecule has 2 aromatic carbocycles. The van der Waals surface area contributed by atoms with Crippen LogP contribution in [0.25, 0.3) is 0 Å². The Morgan fingerprint density at radius 2 is 1.93 bits per heavy atom. The fourth-order valence-corrected chi connectivity index (χ4v) is 3.29. The first-order valence-electron chi connectivity index (χ1n) is 9.12. The van der Waals surface area contributed by atoms with Crippen LogP contribution in [0.2, 0.25) is 0 Å². The summed E-state index contributed by atoms with van der Waals surface area (Å²) in [6.07, 6.45) is 0. The predicted molar refractivity (Wildman–Crippen MR) is 103 cm³/mol. The zero-order valence-corrected chi connectivity index (χ0v) is 15.8. The molecule has 0 aromatic heterocycles. The fraction of sp³-hybridized carbons (Fsp3) is 0.381. The Morgan fingerprint density at radius 3 is 2.56 bits per heavy atom. The van der Waals surface area contributed by atoms with Gasteiger partial charge in [-0.15, -0.1) is 0 Å². The Morgan fingerprint density at radius 1 is 1.22 bits per heavy atom. The van der Waals surface area contributed by atoms with Gasteiger partial charge < -0.3 is 19.9 Å². The van der Waals surface area contributed by atoms with E-state index in [1.807, 2.05) is 37.3 Å². The first kappa shape index (κ1) is 19.2. The first-order valence-corrected chi connectivity index (χ1v) is 9.12. The summed E-state index contributed by atoms with van der Waals surface area (Å²) in [5.41, 5.74) is 2.30. The van der Waals surface area contributed by atoms with Crippen LogP contribution in [0.1, 0.15) is 27.5 Å². The summed E-state index contributed by atoms with van der Waals surface area (Å²) in [6, 6.07) is 13.0. The number of benzene rings is 2. The van der Waals surface area contributed by atoms with Crippen molar-refractivity contribution in [3.8, 4) is 11.5 Å². The van der Waals surface area contributed by atoms with Crippen molar-refractivity contribution in [2.45, 2.75) is 13.0 Å². The first-order chi connectivity index (χ1) is 13.1. The van der Waals surface area contributed by atoms with E-state index in [1.54, 1.807) is 19.2 Å². The van der Waals surface area contributed by atoms with E-state index >= 15 is 0 Å². The van der Waals surface area contributed by atoms with Gasteiger partial charge in [-0.2, -0.15) is 0 Å². The van der Waals surface area contributed by atoms with Crippen LogP contribution in [0.3, 0.4) is 0 Å². The molecule has 1 aliphatic rings. The van der Waals surface area contributed by atoms with Crippen molar-refractivity contribution >= 4 is 5.91 Å². The van der Waals surface area contributed by atoms with E-state index in [9.17, 15) is 9.90 Å². The zero-order chi connectivity index (χ0) is 19.2. The maximum Gasteiger partial charge on any atom is 0.255 e. The van der Waals surface area contributed by atoms with Crippen LogP contribution in [0, 0.1) is 6.92 Å². The highest BCUT2D eigenvalue weighted by molar-refractivity contribution is 5.96. The average molecular weight is 370 g/mol. The molecular weight excluding hydrogens is 344 g/mol. The SMILES string of the molecule is COc1ccc(C(CNC(=O)c2ccc(C)cc2O)N2CCOCC2)cc1. The predicted octanol–water partition coefficient (Wildman–Crippen LogP) is 2.51. The summed E-state index contributed by atoms with van der Waals surface area (Å²) in [7, 11) is 1.64. The van der Waals surface area contributed by atoms with E-state index in [-0.39, 0.29) is 23.3 Å². The number of phenolic OH excluding ortho intramolecular Hbond substituents is 1. The van der Waals surface area contributed by atoms with E-state index in [0.29, 0.717) is 19.8 Å². The molecule has 1 aliphatic heterocycles. The van der Waals surface area contributed by atoms with Gasteiger partial charge in [-0.25, -0.2) is 0 Å². The third-order valence-corrected chi connectivity index (χ3v) is 4.84. The number of rotatable bonds is 6. The number of amides is 1. The molecule has 1 saturated heterocycles. The Kier molecular flexibility index (Phi) is 6.32. The summed E-state index contributed by atoms with van der Waals surface area (Å²) < 4.78 is 10.7. The van der Waals surface area contributed by atoms with Crippen molar-refractivity contribution in [1.29, 1.82) is 0 Å². The van der Waals surface area contributed by atoms with Gasteiger partial charge in [0.1, 0.15) is 11.5 Å². The van der Waals surface area contributed by atoms with Gasteiger partial charge in [0.25, 0.3) is 5.91 Å². The molecule has 1 unspecified atom stereocenters. The van der Waals surface area contributed by atoms with Crippen molar-refractivity contribution in [2.24, 2.45) is 0 Å². The van der Waals surface area contributed by atoms with Crippen LogP contribution in [0.15, 0.2) is 42.5 Å². The minimum Gasteiger partial charge on any atom is -0.507 e. The number of aromatic hydroxyl groups is 1. The number of nitrogens with zero attached hydrogens (tertiary/aromatic N) is 1. The van der Waals surface area contributed by atoms with Crippen molar-refractivity contribution < 1.29 is 19.4 Å². The van der Waals surface area contributed by atoms with Gasteiger partial charge in [-0.1, -0.05) is 18.2 Å². The maximum absolute atomic E-state index is 12.6. The number of hydrogen-bond donors (Lipinski definition) is 2. The van der Waals surface area contributed by atoms with Gasteiger partial charge >= 0.3 is 0 Å². The quantitative estimate of drug-likeness (QED) is 0.818. The third-order valence-electron chi connectivity index (χ3n) is 4.84. The third kappa shape index (κ3) is 4.78. The smallest absolute Gasteiger partial charge is 0.255 e. The summed E-state index contributed by atoms with van der Waals surface area (Å²) >= 11 is 0. The number of ether oxygens (including phenoxy) is 2. The number of nitrogens with one attached hydrogen (secondary N) is 1. The number of morpholine rings is 1. The molecule has 2 N–H and O–H groups in total. The van der Waals surface area contributed by atoms with Crippen LogP contribution in [0.4, 0.5) is 0 Å². The lowest BCUT2D eigenvalue weighted by Gasteiger charge is -2.35. The topological polar surface area (TPSA) is 71.0 Å². The number of carbonyl (C=O) groups excluding carboxylic acids is 1. The van der Waals surface area contributed by atoms with Crippen molar-refractivity contribution in [3.05, 3.63) is 59.2 Å². The van der Waals surface area contributed by atoms with E-state index in [4.69, 9.17) is 9.47 Å². The standard InChI is InChI=1S/C21H26N2O4/c1-15-3-8-18(20(24)13-15)21(25)22-14-19(23-9-11-27-12-10-23)16-4-6-17(26-2)7-5-16/h3-8,13,19,24H,9-12,14H2,1-2H3,(H,22,25). The van der Waals surface area contributed by atoms with Gasteiger partial charge in [-0.3, -0.25) is 9.69 Å². The number of methoxy groups -OCH3 is 1. The molecular formula is C21H26N2O4. The molecule has 3 rings (SSSR count). The summed E-state index contributed by atoms with van der Waals surface area (Å²) in [5, 5.41) is 13.0. The van der Waals surface area contributed by atoms with Gasteiger partial charge in [0.05, 0.1) is 31.9 Å². The number of phenols is 1. The highest BCUT2D eigenvalue weighted by atomic mass is 16.5. The summed E-state index contributed by atoms with van der Waals surface area (Å²) in [5.74, 6) is 0.521. The van der Waals surface area contributed by atoms with Gasteiger partial charge in [0.2, 0.25) is 0 Å². The average Bonchev–Trinajstić information content (AvgIpc) is 2.69. The van der Waals surface area contributed by atoms with Crippen LogP contribution in [0.5, 0.6) is 11.5 Å². The molecule has 0 bridgehead atoms. The molecule has 0 saturated carbocycles. The second kappa shape index (κ2) is 8.88. The lowest BCUT2D eigenvalue weighted by atomic mass is 10.0. The van der Waals surface area contributed by atoms with Crippen molar-refractivity contribution in [2.75, 3.05) is 40.0 Å². The maximum atomic E-state index is 12.6. The van der Waals surface area contributed by atoms with E-state index in [0.717, 1.165) is 30.0 Å². The Labute approximate surface area is 159 Å². The molecule has 1 fully saturated rings. The number of hydrogen-bond acceptors (Lipinski definition) is 5. The minimum absolute atomic E-state index is 0.000120. The summed E-state index contributed by atoms with van der Waals surface area (Å²) in [4.78, 5) is 14.9. The molecule has 1 atom stereocenters. The Bertz CT molecular complexity index is 770. The second-order valence-electron chi connectivity index (χ2n) is 6.67. The fourth-order valence-electron chi connectivity index (χ4n) is 3.29. The highest BCUT2D eigenvalue weighted by Crippen LogP contribution is 2.24. The zero-order valence-electron chi connectivity index (χ0n) is 15.8. The molecule has 0 radical (unpaired) electrons. The van der Waals surface area contributed by atoms with Gasteiger partial charge in [-0.05, 0) is 42.3 Å². The Hall–Kier alpha value is -2.57. The summed E-state index contributed by atoms with van der Waals surface area (Å²) in [6.45, 7) is 5.29. The lowest BCUT2D eigenvalue weighted by Crippen LogP contribution is -2.43. The molecule has 0 spiro atoms. The number of aryl methyl sites for hydroxylation is 1. The van der Waals surface area contributed by atoms with Gasteiger partial charge in [0, 0.05) is 19.6 Å². The lowest BCUT2D eigenvalue weighted by molar-refractivity contribution is 0.0162. The van der Waals surface area contributed by atoms with Crippen molar-refractivity contribution in [3.63, 3.8) is 0 Å². The van der Waals surface area contributed by atoms with Gasteiger partial charge in [0.15, 0.2) is 0 Å². The van der Waals surface area contributed by atoms with E-state index in [2.05, 4.69) is 10.2 Å². The van der Waals surface area contributed by atoms with E-state index < -0.39 is 0 Å². The molecule has 144 valence electrons. The minimum atomic E-state index is -0.278. The molecule has 1 heterocycles. The highest BCUT2D eigenvalue weighted by Gasteiger charge is 2.24. The Balaban J connectivity index is 1.75. The van der Waals surface area contributed by atoms with E-state index in [1.165, 1.54) is 0 Å². The molecule has 6 nitrogen and oxygen atoms in total. The monoisotopic (exact) mass is 370 g/mol. The molecule has 0 aliphatic carbocycles. The van der Waals surface area contributed by atoms with Crippen LogP contribution >= 0.6 is 0 Å². The molecule has 27 heavy (non-hydrogen) atoms. The normalized spacial score (nSPS) is 15.9. The molecule has 1 amide bonds. The van der Waals surface area contributed by atoms with Crippen LogP contribution in [-0.2, 0) is 4.74 Å². The van der Waals surface area contributed by atoms with Crippen LogP contribution in [-0.4, -0.2) is 55.9 Å². The second-order valence-corrected chi connectivity index (χ2v) is 6.67. The number of carbonyl (C=O) groups is 1. The van der Waals surface area contributed by atoms with Crippen LogP contribution < -0.4 is 10.1 Å². The largest absolute Gasteiger partial charge is 0.507 e. The molecule has 2 aromatic rings.